The van der Waals surface area contributed by atoms with E-state index in [1.807, 2.05) is 0 Å². The molecule has 3 heterocycles. The highest BCUT2D eigenvalue weighted by atomic mass is 35.5. The van der Waals surface area contributed by atoms with E-state index in [9.17, 15) is 14.7 Å². The highest BCUT2D eigenvalue weighted by Crippen LogP contribution is 2.36. The Labute approximate surface area is 251 Å². The summed E-state index contributed by atoms with van der Waals surface area (Å²) in [5.41, 5.74) is 1.20. The number of aromatic nitrogens is 5. The Hall–Kier alpha value is -4.13. The highest BCUT2D eigenvalue weighted by molar-refractivity contribution is 6.31. The van der Waals surface area contributed by atoms with Crippen LogP contribution in [0, 0.1) is 0 Å². The number of aliphatic hydroxyl groups excluding tert-OH is 1. The Kier molecular flexibility index (Phi) is 10.0. The third kappa shape index (κ3) is 6.51. The van der Waals surface area contributed by atoms with E-state index < -0.39 is 12.0 Å². The molecule has 3 aromatic heterocycles. The van der Waals surface area contributed by atoms with Gasteiger partial charge in [-0.15, -0.1) is 0 Å². The fourth-order valence-electron chi connectivity index (χ4n) is 4.42. The summed E-state index contributed by atoms with van der Waals surface area (Å²) in [6.07, 6.45) is 3.28. The van der Waals surface area contributed by atoms with Gasteiger partial charge in [0.1, 0.15) is 11.5 Å². The van der Waals surface area contributed by atoms with Gasteiger partial charge in [0, 0.05) is 37.6 Å². The number of aliphatic hydroxyl groups is 1. The Morgan fingerprint density at radius 1 is 1.12 bits per heavy atom. The second kappa shape index (κ2) is 13.7. The van der Waals surface area contributed by atoms with Crippen molar-refractivity contribution in [3.8, 4) is 23.3 Å². The summed E-state index contributed by atoms with van der Waals surface area (Å²) < 4.78 is 19.2. The van der Waals surface area contributed by atoms with Crippen molar-refractivity contribution in [2.24, 2.45) is 7.05 Å². The molecular formula is C28H30Cl2N6O6. The average Bonchev–Trinajstić information content (AvgIpc) is 3.36. The number of methoxy groups -OCH3 is 2. The van der Waals surface area contributed by atoms with Crippen molar-refractivity contribution >= 4 is 34.9 Å². The quantitative estimate of drug-likeness (QED) is 0.223. The number of esters is 1. The zero-order valence-electron chi connectivity index (χ0n) is 23.4. The molecule has 2 N–H and O–H groups in total. The molecule has 0 bridgehead atoms. The lowest BCUT2D eigenvalue weighted by atomic mass is 10.0. The third-order valence-corrected chi connectivity index (χ3v) is 6.75. The normalized spacial score (nSPS) is 11.7. The Morgan fingerprint density at radius 3 is 2.50 bits per heavy atom. The molecule has 1 atom stereocenters. The van der Waals surface area contributed by atoms with Crippen LogP contribution in [0.15, 0.2) is 47.5 Å². The molecule has 0 amide bonds. The van der Waals surface area contributed by atoms with Gasteiger partial charge in [-0.25, -0.2) is 14.8 Å². The largest absolute Gasteiger partial charge is 0.480 e. The summed E-state index contributed by atoms with van der Waals surface area (Å²) in [6, 6.07) is 7.68. The molecule has 1 aromatic carbocycles. The van der Waals surface area contributed by atoms with Gasteiger partial charge in [0.15, 0.2) is 5.69 Å². The minimum atomic E-state index is -0.835. The van der Waals surface area contributed by atoms with Gasteiger partial charge in [-0.1, -0.05) is 35.3 Å². The number of carbonyl (C=O) groups excluding carboxylic acids is 1. The minimum Gasteiger partial charge on any atom is -0.480 e. The van der Waals surface area contributed by atoms with Crippen LogP contribution in [0.25, 0.3) is 11.4 Å². The maximum atomic E-state index is 13.4. The number of anilines is 1. The number of nitrogens with one attached hydrogen (secondary N) is 1. The van der Waals surface area contributed by atoms with Gasteiger partial charge in [-0.05, 0) is 37.1 Å². The number of carbonyl (C=O) groups is 1. The molecule has 12 nitrogen and oxygen atoms in total. The molecule has 222 valence electrons. The fraction of sp³-hybridized carbons (Fsp3) is 0.321. The van der Waals surface area contributed by atoms with Gasteiger partial charge in [0.05, 0.1) is 43.1 Å². The van der Waals surface area contributed by atoms with Crippen LogP contribution in [0.3, 0.4) is 0 Å². The van der Waals surface area contributed by atoms with Crippen LogP contribution in [0.4, 0.5) is 5.69 Å². The van der Waals surface area contributed by atoms with Crippen molar-refractivity contribution in [3.05, 3.63) is 80.1 Å². The van der Waals surface area contributed by atoms with E-state index in [0.29, 0.717) is 33.3 Å². The van der Waals surface area contributed by atoms with Crippen molar-refractivity contribution < 1.29 is 24.1 Å². The molecule has 0 saturated carbocycles. The fourth-order valence-corrected chi connectivity index (χ4v) is 4.80. The average molecular weight is 617 g/mol. The van der Waals surface area contributed by atoms with Crippen LogP contribution in [0.2, 0.25) is 10.0 Å². The zero-order valence-corrected chi connectivity index (χ0v) is 24.9. The second-order valence-electron chi connectivity index (χ2n) is 9.02. The van der Waals surface area contributed by atoms with E-state index in [4.69, 9.17) is 42.4 Å². The molecule has 0 aliphatic carbocycles. The van der Waals surface area contributed by atoms with Crippen LogP contribution in [-0.2, 0) is 18.3 Å². The first-order valence-corrected chi connectivity index (χ1v) is 13.7. The third-order valence-electron chi connectivity index (χ3n) is 6.29. The highest BCUT2D eigenvalue weighted by Gasteiger charge is 2.32. The molecule has 0 aliphatic rings. The molecule has 14 heteroatoms. The van der Waals surface area contributed by atoms with Gasteiger partial charge >= 0.3 is 12.0 Å². The van der Waals surface area contributed by atoms with Gasteiger partial charge < -0.3 is 33.8 Å². The van der Waals surface area contributed by atoms with E-state index in [-0.39, 0.29) is 54.4 Å². The molecule has 42 heavy (non-hydrogen) atoms. The van der Waals surface area contributed by atoms with Gasteiger partial charge in [0.25, 0.3) is 5.56 Å². The monoisotopic (exact) mass is 616 g/mol. The number of hydrogen-bond acceptors (Lipinski definition) is 10. The number of nitrogens with zero attached hydrogens (tertiary/aromatic N) is 5. The first kappa shape index (κ1) is 30.8. The summed E-state index contributed by atoms with van der Waals surface area (Å²) >= 11 is 12.5. The number of hydrogen-bond donors (Lipinski definition) is 2. The summed E-state index contributed by atoms with van der Waals surface area (Å²) in [5.74, 6) is -0.260. The lowest BCUT2D eigenvalue weighted by Crippen LogP contribution is -2.26. The zero-order chi connectivity index (χ0) is 30.4. The van der Waals surface area contributed by atoms with Crippen LogP contribution in [0.1, 0.15) is 41.1 Å². The number of imidazole rings is 1. The molecule has 4 rings (SSSR count). The van der Waals surface area contributed by atoms with Crippen molar-refractivity contribution in [2.45, 2.75) is 25.9 Å². The molecule has 4 aromatic rings. The molecule has 1 unspecified atom stereocenters. The Bertz CT molecular complexity index is 1620. The van der Waals surface area contributed by atoms with Crippen LogP contribution < -0.4 is 20.3 Å². The van der Waals surface area contributed by atoms with Crippen LogP contribution in [-0.4, -0.2) is 62.6 Å². The van der Waals surface area contributed by atoms with E-state index in [0.717, 1.165) is 0 Å². The minimum absolute atomic E-state index is 0.0195. The predicted octanol–water partition coefficient (Wildman–Crippen LogP) is 4.12. The Morgan fingerprint density at radius 2 is 1.86 bits per heavy atom. The summed E-state index contributed by atoms with van der Waals surface area (Å²) in [7, 11) is 4.45. The van der Waals surface area contributed by atoms with Crippen molar-refractivity contribution in [2.75, 3.05) is 32.8 Å². The van der Waals surface area contributed by atoms with Crippen molar-refractivity contribution in [3.63, 3.8) is 0 Å². The van der Waals surface area contributed by atoms with Crippen molar-refractivity contribution in [1.29, 1.82) is 0 Å². The summed E-state index contributed by atoms with van der Waals surface area (Å²) in [6.45, 7) is 1.87. The summed E-state index contributed by atoms with van der Waals surface area (Å²) in [4.78, 5) is 39.8. The number of aryl methyl sites for hydroxylation is 1. The van der Waals surface area contributed by atoms with Gasteiger partial charge in [-0.2, -0.15) is 4.98 Å². The lowest BCUT2D eigenvalue weighted by Gasteiger charge is -2.24. The number of benzene rings is 1. The predicted molar refractivity (Wildman–Crippen MR) is 158 cm³/mol. The van der Waals surface area contributed by atoms with E-state index in [1.54, 1.807) is 42.8 Å². The molecule has 0 saturated heterocycles. The van der Waals surface area contributed by atoms with E-state index >= 15 is 0 Å². The SMILES string of the molecule is CCOC(=O)c1nc(-c2cnc(OC)nc2OC)n(CCCO)c1C(Nc1cc(Cl)cn(C)c1=O)c1ccc(Cl)cc1. The molecular weight excluding hydrogens is 587 g/mol. The van der Waals surface area contributed by atoms with Crippen LogP contribution in [0.5, 0.6) is 11.9 Å². The molecule has 0 radical (unpaired) electrons. The van der Waals surface area contributed by atoms with Gasteiger partial charge in [0.2, 0.25) is 5.88 Å². The molecule has 0 fully saturated rings. The standard InChI is InChI=1S/C28H30Cl2N6O6/c1-5-42-27(39)22-23(36(11-6-12-37)24(33-22)19-14-31-28(41-4)34-25(19)40-3)21(16-7-9-17(29)10-8-16)32-20-13-18(30)15-35(2)26(20)38/h7-10,13-15,21,32,37H,5-6,11-12H2,1-4H3. The number of rotatable bonds is 12. The second-order valence-corrected chi connectivity index (χ2v) is 9.89. The smallest absolute Gasteiger partial charge is 0.358 e. The molecule has 0 aliphatic heterocycles. The maximum Gasteiger partial charge on any atom is 0.358 e. The topological polar surface area (TPSA) is 143 Å². The lowest BCUT2D eigenvalue weighted by molar-refractivity contribution is 0.0518. The van der Waals surface area contributed by atoms with E-state index in [1.165, 1.54) is 37.2 Å². The van der Waals surface area contributed by atoms with Crippen LogP contribution >= 0.6 is 23.2 Å². The van der Waals surface area contributed by atoms with E-state index in [2.05, 4.69) is 15.3 Å². The van der Waals surface area contributed by atoms with Gasteiger partial charge in [-0.3, -0.25) is 4.79 Å². The number of ether oxygens (including phenoxy) is 3. The maximum absolute atomic E-state index is 13.4. The number of pyridine rings is 1. The van der Waals surface area contributed by atoms with Crippen molar-refractivity contribution in [1.82, 2.24) is 24.1 Å². The summed E-state index contributed by atoms with van der Waals surface area (Å²) in [5, 5.41) is 13.9. The number of halogens is 2. The molecule has 0 spiro atoms. The Balaban J connectivity index is 2.06. The first-order valence-electron chi connectivity index (χ1n) is 12.9. The first-order chi connectivity index (χ1) is 20.2.